The number of thiophene rings is 1. The molecule has 1 aromatic carbocycles. The highest BCUT2D eigenvalue weighted by Gasteiger charge is 2.44. The van der Waals surface area contributed by atoms with Gasteiger partial charge >= 0.3 is 0 Å². The fraction of sp³-hybridized carbons (Fsp3) is 0.300. The van der Waals surface area contributed by atoms with E-state index < -0.39 is 0 Å². The van der Waals surface area contributed by atoms with Gasteiger partial charge in [0.15, 0.2) is 0 Å². The van der Waals surface area contributed by atoms with E-state index in [1.165, 1.54) is 16.2 Å². The first kappa shape index (κ1) is 18.4. The number of hydrogen-bond acceptors (Lipinski definition) is 5. The van der Waals surface area contributed by atoms with Gasteiger partial charge in [-0.2, -0.15) is 0 Å². The monoisotopic (exact) mass is 446 g/mol. The summed E-state index contributed by atoms with van der Waals surface area (Å²) in [6, 6.07) is 11.0. The molecule has 2 aliphatic rings. The van der Waals surface area contributed by atoms with E-state index in [-0.39, 0.29) is 24.0 Å². The van der Waals surface area contributed by atoms with Gasteiger partial charge in [0.1, 0.15) is 5.70 Å². The van der Waals surface area contributed by atoms with E-state index in [2.05, 4.69) is 15.9 Å². The zero-order chi connectivity index (χ0) is 19.1. The highest BCUT2D eigenvalue weighted by Crippen LogP contribution is 2.37. The molecule has 140 valence electrons. The van der Waals surface area contributed by atoms with Crippen LogP contribution in [-0.4, -0.2) is 42.0 Å². The van der Waals surface area contributed by atoms with Crippen molar-refractivity contribution in [2.24, 2.45) is 0 Å². The first-order chi connectivity index (χ1) is 13.0. The lowest BCUT2D eigenvalue weighted by Crippen LogP contribution is -2.47. The van der Waals surface area contributed by atoms with Crippen LogP contribution in [0.2, 0.25) is 0 Å². The molecule has 4 rings (SSSR count). The van der Waals surface area contributed by atoms with Crippen LogP contribution in [-0.2, 0) is 14.3 Å². The minimum Gasteiger partial charge on any atom is -0.372 e. The molecule has 1 fully saturated rings. The van der Waals surface area contributed by atoms with Gasteiger partial charge in [0.05, 0.1) is 23.5 Å². The summed E-state index contributed by atoms with van der Waals surface area (Å²) in [5, 5.41) is 1.92. The van der Waals surface area contributed by atoms with Crippen LogP contribution in [0.3, 0.4) is 0 Å². The van der Waals surface area contributed by atoms with Crippen molar-refractivity contribution in [2.75, 3.05) is 18.0 Å². The summed E-state index contributed by atoms with van der Waals surface area (Å²) in [4.78, 5) is 30.8. The lowest BCUT2D eigenvalue weighted by molar-refractivity contribution is -0.121. The molecule has 0 N–H and O–H groups in total. The third kappa shape index (κ3) is 3.35. The Labute approximate surface area is 170 Å². The van der Waals surface area contributed by atoms with Crippen LogP contribution < -0.4 is 4.90 Å². The summed E-state index contributed by atoms with van der Waals surface area (Å²) >= 11 is 4.89. The van der Waals surface area contributed by atoms with Crippen molar-refractivity contribution >= 4 is 50.3 Å². The van der Waals surface area contributed by atoms with Gasteiger partial charge < -0.3 is 9.64 Å². The van der Waals surface area contributed by atoms with Crippen molar-refractivity contribution in [2.45, 2.75) is 26.1 Å². The molecule has 2 unspecified atom stereocenters. The number of anilines is 1. The van der Waals surface area contributed by atoms with E-state index in [0.717, 1.165) is 9.35 Å². The largest absolute Gasteiger partial charge is 0.372 e. The van der Waals surface area contributed by atoms with Crippen LogP contribution in [0.5, 0.6) is 0 Å². The average Bonchev–Trinajstić information content (AvgIpc) is 3.20. The van der Waals surface area contributed by atoms with Crippen molar-refractivity contribution < 1.29 is 14.3 Å². The molecule has 1 aromatic heterocycles. The average molecular weight is 447 g/mol. The smallest absolute Gasteiger partial charge is 0.282 e. The molecular weight excluding hydrogens is 428 g/mol. The molecule has 2 atom stereocenters. The van der Waals surface area contributed by atoms with E-state index in [1.807, 2.05) is 48.4 Å². The minimum atomic E-state index is -0.276. The van der Waals surface area contributed by atoms with Gasteiger partial charge in [-0.3, -0.25) is 9.59 Å². The Morgan fingerprint density at radius 1 is 1.07 bits per heavy atom. The Morgan fingerprint density at radius 2 is 1.81 bits per heavy atom. The number of benzene rings is 1. The number of rotatable bonds is 3. The Balaban J connectivity index is 1.81. The van der Waals surface area contributed by atoms with Crippen molar-refractivity contribution in [1.29, 1.82) is 0 Å². The van der Waals surface area contributed by atoms with Crippen molar-refractivity contribution in [3.8, 4) is 0 Å². The summed E-state index contributed by atoms with van der Waals surface area (Å²) in [7, 11) is 0. The molecule has 0 radical (unpaired) electrons. The third-order valence-corrected chi connectivity index (χ3v) is 6.01. The molecule has 7 heteroatoms. The normalized spacial score (nSPS) is 23.5. The summed E-state index contributed by atoms with van der Waals surface area (Å²) in [5.41, 5.74) is 1.53. The second kappa shape index (κ2) is 7.22. The van der Waals surface area contributed by atoms with Crippen LogP contribution in [0.4, 0.5) is 5.69 Å². The van der Waals surface area contributed by atoms with Crippen LogP contribution in [0.15, 0.2) is 51.9 Å². The number of ether oxygens (including phenoxy) is 1. The first-order valence-electron chi connectivity index (χ1n) is 8.78. The number of hydrogen-bond donors (Lipinski definition) is 0. The predicted molar refractivity (Wildman–Crippen MR) is 109 cm³/mol. The molecule has 2 aliphatic heterocycles. The summed E-state index contributed by atoms with van der Waals surface area (Å²) in [5.74, 6) is -0.551. The van der Waals surface area contributed by atoms with Gasteiger partial charge in [-0.1, -0.05) is 28.1 Å². The van der Waals surface area contributed by atoms with Crippen LogP contribution in [0.25, 0.3) is 5.57 Å². The Morgan fingerprint density at radius 3 is 2.44 bits per heavy atom. The Kier molecular flexibility index (Phi) is 4.92. The summed E-state index contributed by atoms with van der Waals surface area (Å²) in [6.45, 7) is 5.14. The molecule has 0 spiro atoms. The lowest BCUT2D eigenvalue weighted by Gasteiger charge is -2.37. The minimum absolute atomic E-state index is 0.00587. The number of carbonyl (C=O) groups excluding carboxylic acids is 2. The van der Waals surface area contributed by atoms with Crippen molar-refractivity contribution in [1.82, 2.24) is 4.90 Å². The zero-order valence-electron chi connectivity index (χ0n) is 15.0. The molecule has 0 bridgehead atoms. The van der Waals surface area contributed by atoms with Crippen LogP contribution >= 0.6 is 27.3 Å². The fourth-order valence-corrected chi connectivity index (χ4v) is 4.81. The molecular formula is C20H19BrN2O3S. The molecule has 1 saturated heterocycles. The number of nitrogens with zero attached hydrogens (tertiary/aromatic N) is 2. The van der Waals surface area contributed by atoms with Gasteiger partial charge in [0, 0.05) is 22.4 Å². The SMILES string of the molecule is CC1CN(C2=C(c3cccs3)C(=O)N(c3cccc(Br)c3)C2=O)CC(C)O1. The molecule has 5 nitrogen and oxygen atoms in total. The first-order valence-corrected chi connectivity index (χ1v) is 10.5. The van der Waals surface area contributed by atoms with E-state index >= 15 is 0 Å². The van der Waals surface area contributed by atoms with E-state index in [9.17, 15) is 9.59 Å². The second-order valence-corrected chi connectivity index (χ2v) is 8.65. The molecule has 2 aromatic rings. The summed E-state index contributed by atoms with van der Waals surface area (Å²) in [6.07, 6.45) is -0.0117. The molecule has 0 aliphatic carbocycles. The second-order valence-electron chi connectivity index (χ2n) is 6.79. The zero-order valence-corrected chi connectivity index (χ0v) is 17.4. The van der Waals surface area contributed by atoms with Gasteiger partial charge in [-0.15, -0.1) is 11.3 Å². The van der Waals surface area contributed by atoms with Gasteiger partial charge in [-0.05, 0) is 43.5 Å². The maximum Gasteiger partial charge on any atom is 0.282 e. The number of imide groups is 1. The van der Waals surface area contributed by atoms with E-state index in [0.29, 0.717) is 30.0 Å². The topological polar surface area (TPSA) is 49.9 Å². The number of carbonyl (C=O) groups is 2. The number of morpholine rings is 1. The molecule has 27 heavy (non-hydrogen) atoms. The van der Waals surface area contributed by atoms with Crippen molar-refractivity contribution in [3.63, 3.8) is 0 Å². The number of halogens is 1. The van der Waals surface area contributed by atoms with Gasteiger partial charge in [0.2, 0.25) is 0 Å². The lowest BCUT2D eigenvalue weighted by atomic mass is 10.1. The Hall–Kier alpha value is -1.96. The quantitative estimate of drug-likeness (QED) is 0.670. The highest BCUT2D eigenvalue weighted by atomic mass is 79.9. The van der Waals surface area contributed by atoms with Crippen LogP contribution in [0, 0.1) is 0 Å². The maximum atomic E-state index is 13.4. The molecule has 0 saturated carbocycles. The third-order valence-electron chi connectivity index (χ3n) is 4.63. The van der Waals surface area contributed by atoms with E-state index in [1.54, 1.807) is 12.1 Å². The standard InChI is InChI=1S/C20H19BrN2O3S/c1-12-10-22(11-13(2)26-12)18-17(16-7-4-8-27-16)19(24)23(20(18)25)15-6-3-5-14(21)9-15/h3-9,12-13H,10-11H2,1-2H3. The van der Waals surface area contributed by atoms with Gasteiger partial charge in [-0.25, -0.2) is 4.90 Å². The van der Waals surface area contributed by atoms with Gasteiger partial charge in [0.25, 0.3) is 11.8 Å². The fourth-order valence-electron chi connectivity index (χ4n) is 3.66. The van der Waals surface area contributed by atoms with Crippen LogP contribution in [0.1, 0.15) is 18.7 Å². The summed E-state index contributed by atoms with van der Waals surface area (Å²) < 4.78 is 6.63. The highest BCUT2D eigenvalue weighted by molar-refractivity contribution is 9.10. The predicted octanol–water partition coefficient (Wildman–Crippen LogP) is 3.90. The maximum absolute atomic E-state index is 13.4. The Bertz CT molecular complexity index is 915. The molecule has 2 amide bonds. The number of amides is 2. The van der Waals surface area contributed by atoms with Crippen molar-refractivity contribution in [3.05, 3.63) is 56.8 Å². The van der Waals surface area contributed by atoms with E-state index in [4.69, 9.17) is 4.74 Å². The molecule has 3 heterocycles.